The van der Waals surface area contributed by atoms with Gasteiger partial charge in [-0.15, -0.1) is 0 Å². The lowest BCUT2D eigenvalue weighted by Gasteiger charge is -2.22. The van der Waals surface area contributed by atoms with Crippen LogP contribution in [0.15, 0.2) is 36.7 Å². The summed E-state index contributed by atoms with van der Waals surface area (Å²) in [5, 5.41) is 4.36. The molecule has 2 unspecified atom stereocenters. The largest absolute Gasteiger partial charge is 0.497 e. The van der Waals surface area contributed by atoms with Gasteiger partial charge in [0, 0.05) is 12.2 Å². The first-order chi connectivity index (χ1) is 8.61. The van der Waals surface area contributed by atoms with Gasteiger partial charge in [0.2, 0.25) is 0 Å². The molecule has 0 aliphatic carbocycles. The Morgan fingerprint density at radius 2 is 1.94 bits per heavy atom. The zero-order chi connectivity index (χ0) is 13.1. The molecule has 2 atom stereocenters. The van der Waals surface area contributed by atoms with Crippen LogP contribution in [-0.4, -0.2) is 22.9 Å². The van der Waals surface area contributed by atoms with E-state index in [0.29, 0.717) is 0 Å². The third kappa shape index (κ3) is 2.54. The van der Waals surface area contributed by atoms with Crippen LogP contribution in [0.3, 0.4) is 0 Å². The van der Waals surface area contributed by atoms with Crippen molar-refractivity contribution >= 4 is 0 Å². The molecule has 0 aliphatic rings. The summed E-state index contributed by atoms with van der Waals surface area (Å²) in [4.78, 5) is 0. The molecule has 0 saturated heterocycles. The monoisotopic (exact) mass is 245 g/mol. The molecule has 0 saturated carbocycles. The summed E-state index contributed by atoms with van der Waals surface area (Å²) in [6, 6.07) is 7.98. The van der Waals surface area contributed by atoms with Crippen LogP contribution in [0.5, 0.6) is 5.75 Å². The Balaban J connectivity index is 2.35. The van der Waals surface area contributed by atoms with Crippen LogP contribution < -0.4 is 10.5 Å². The van der Waals surface area contributed by atoms with E-state index in [0.717, 1.165) is 16.9 Å². The number of nitrogens with two attached hydrogens (primary N) is 1. The van der Waals surface area contributed by atoms with E-state index in [4.69, 9.17) is 10.5 Å². The van der Waals surface area contributed by atoms with Crippen LogP contribution in [0.25, 0.3) is 0 Å². The molecule has 2 aromatic rings. The second-order valence-corrected chi connectivity index (χ2v) is 4.57. The number of hydrogen-bond acceptors (Lipinski definition) is 3. The summed E-state index contributed by atoms with van der Waals surface area (Å²) < 4.78 is 7.08. The molecule has 0 bridgehead atoms. The van der Waals surface area contributed by atoms with E-state index in [1.165, 1.54) is 0 Å². The molecule has 0 aliphatic heterocycles. The van der Waals surface area contributed by atoms with Gasteiger partial charge in [-0.05, 0) is 37.1 Å². The molecule has 18 heavy (non-hydrogen) atoms. The van der Waals surface area contributed by atoms with Crippen LogP contribution >= 0.6 is 0 Å². The van der Waals surface area contributed by atoms with E-state index in [1.54, 1.807) is 7.11 Å². The van der Waals surface area contributed by atoms with E-state index in [-0.39, 0.29) is 12.1 Å². The average Bonchev–Trinajstić information content (AvgIpc) is 2.76. The zero-order valence-electron chi connectivity index (χ0n) is 11.0. The second kappa shape index (κ2) is 5.23. The topological polar surface area (TPSA) is 53.1 Å². The van der Waals surface area contributed by atoms with Crippen LogP contribution in [0.1, 0.15) is 24.1 Å². The first-order valence-electron chi connectivity index (χ1n) is 6.02. The highest BCUT2D eigenvalue weighted by Gasteiger charge is 2.18. The minimum absolute atomic E-state index is 0.0160. The molecule has 96 valence electrons. The van der Waals surface area contributed by atoms with Crippen molar-refractivity contribution in [2.24, 2.45) is 5.73 Å². The third-order valence-corrected chi connectivity index (χ3v) is 2.97. The predicted octanol–water partition coefficient (Wildman–Crippen LogP) is 2.14. The van der Waals surface area contributed by atoms with Gasteiger partial charge in [0.1, 0.15) is 5.75 Å². The van der Waals surface area contributed by atoms with Crippen molar-refractivity contribution in [2.75, 3.05) is 7.11 Å². The van der Waals surface area contributed by atoms with Gasteiger partial charge in [0.15, 0.2) is 0 Å². The highest BCUT2D eigenvalue weighted by Crippen LogP contribution is 2.23. The number of benzene rings is 1. The third-order valence-electron chi connectivity index (χ3n) is 2.97. The fourth-order valence-electron chi connectivity index (χ4n) is 2.08. The molecule has 1 aromatic carbocycles. The number of aromatic nitrogens is 2. The Morgan fingerprint density at radius 3 is 2.39 bits per heavy atom. The number of ether oxygens (including phenoxy) is 1. The maximum Gasteiger partial charge on any atom is 0.118 e. The Hall–Kier alpha value is -1.81. The normalized spacial score (nSPS) is 14.2. The van der Waals surface area contributed by atoms with Crippen molar-refractivity contribution in [3.63, 3.8) is 0 Å². The smallest absolute Gasteiger partial charge is 0.118 e. The van der Waals surface area contributed by atoms with Crippen molar-refractivity contribution in [2.45, 2.75) is 25.9 Å². The molecule has 1 heterocycles. The summed E-state index contributed by atoms with van der Waals surface area (Å²) in [5.41, 5.74) is 8.36. The maximum atomic E-state index is 6.09. The van der Waals surface area contributed by atoms with E-state index in [9.17, 15) is 0 Å². The number of aryl methyl sites for hydroxylation is 1. The van der Waals surface area contributed by atoms with Crippen molar-refractivity contribution < 1.29 is 4.74 Å². The lowest BCUT2D eigenvalue weighted by Crippen LogP contribution is -2.30. The molecule has 4 nitrogen and oxygen atoms in total. The van der Waals surface area contributed by atoms with Crippen molar-refractivity contribution in [3.8, 4) is 5.75 Å². The number of nitrogens with zero attached hydrogens (tertiary/aromatic N) is 2. The van der Waals surface area contributed by atoms with Gasteiger partial charge in [-0.3, -0.25) is 4.68 Å². The van der Waals surface area contributed by atoms with Gasteiger partial charge >= 0.3 is 0 Å². The summed E-state index contributed by atoms with van der Waals surface area (Å²) >= 11 is 0. The van der Waals surface area contributed by atoms with Gasteiger partial charge in [-0.25, -0.2) is 0 Å². The van der Waals surface area contributed by atoms with Gasteiger partial charge in [0.05, 0.1) is 19.3 Å². The summed E-state index contributed by atoms with van der Waals surface area (Å²) in [7, 11) is 1.66. The van der Waals surface area contributed by atoms with E-state index in [2.05, 4.69) is 5.10 Å². The highest BCUT2D eigenvalue weighted by molar-refractivity contribution is 5.30. The molecule has 0 fully saturated rings. The maximum absolute atomic E-state index is 6.09. The molecule has 0 amide bonds. The van der Waals surface area contributed by atoms with Crippen LogP contribution in [0, 0.1) is 6.92 Å². The van der Waals surface area contributed by atoms with Crippen LogP contribution in [0.4, 0.5) is 0 Å². The van der Waals surface area contributed by atoms with Crippen molar-refractivity contribution in [1.29, 1.82) is 0 Å². The number of hydrogen-bond donors (Lipinski definition) is 1. The van der Waals surface area contributed by atoms with E-state index in [1.807, 2.05) is 55.2 Å². The zero-order valence-corrected chi connectivity index (χ0v) is 11.0. The summed E-state index contributed by atoms with van der Waals surface area (Å²) in [6.45, 7) is 4.02. The average molecular weight is 245 g/mol. The molecular formula is C14H19N3O. The molecule has 4 heteroatoms. The van der Waals surface area contributed by atoms with Gasteiger partial charge < -0.3 is 10.5 Å². The van der Waals surface area contributed by atoms with E-state index < -0.39 is 0 Å². The second-order valence-electron chi connectivity index (χ2n) is 4.57. The number of methoxy groups -OCH3 is 1. The van der Waals surface area contributed by atoms with Crippen LogP contribution in [-0.2, 0) is 0 Å². The molecule has 0 spiro atoms. The van der Waals surface area contributed by atoms with Crippen molar-refractivity contribution in [3.05, 3.63) is 47.8 Å². The molecular weight excluding hydrogens is 226 g/mol. The minimum atomic E-state index is -0.0160. The van der Waals surface area contributed by atoms with Crippen LogP contribution in [0.2, 0.25) is 0 Å². The standard InChI is InChI=1S/C14H19N3O/c1-10-8-16-17(9-10)14(11(2)15)12-4-6-13(18-3)7-5-12/h4-9,11,14H,15H2,1-3H3. The Bertz CT molecular complexity index is 502. The van der Waals surface area contributed by atoms with Gasteiger partial charge in [0.25, 0.3) is 0 Å². The number of rotatable bonds is 4. The van der Waals surface area contributed by atoms with Gasteiger partial charge in [-0.1, -0.05) is 12.1 Å². The first-order valence-corrected chi connectivity index (χ1v) is 6.02. The Kier molecular flexibility index (Phi) is 3.67. The van der Waals surface area contributed by atoms with E-state index >= 15 is 0 Å². The fraction of sp³-hybridized carbons (Fsp3) is 0.357. The quantitative estimate of drug-likeness (QED) is 0.897. The molecule has 2 rings (SSSR count). The fourth-order valence-corrected chi connectivity index (χ4v) is 2.08. The molecule has 1 aromatic heterocycles. The first kappa shape index (κ1) is 12.6. The lowest BCUT2D eigenvalue weighted by atomic mass is 10.0. The summed E-state index contributed by atoms with van der Waals surface area (Å²) in [5.74, 6) is 0.846. The molecule has 0 radical (unpaired) electrons. The Morgan fingerprint density at radius 1 is 1.28 bits per heavy atom. The highest BCUT2D eigenvalue weighted by atomic mass is 16.5. The molecule has 2 N–H and O–H groups in total. The minimum Gasteiger partial charge on any atom is -0.497 e. The van der Waals surface area contributed by atoms with Gasteiger partial charge in [-0.2, -0.15) is 5.10 Å². The SMILES string of the molecule is COc1ccc(C(C(C)N)n2cc(C)cn2)cc1. The Labute approximate surface area is 107 Å². The predicted molar refractivity (Wildman–Crippen MR) is 71.7 cm³/mol. The lowest BCUT2D eigenvalue weighted by molar-refractivity contribution is 0.413. The van der Waals surface area contributed by atoms with Crippen molar-refractivity contribution in [1.82, 2.24) is 9.78 Å². The summed E-state index contributed by atoms with van der Waals surface area (Å²) in [6.07, 6.45) is 3.86.